The molecule has 2 unspecified atom stereocenters. The van der Waals surface area contributed by atoms with Gasteiger partial charge in [0, 0.05) is 29.6 Å². The molecule has 1 aromatic rings. The number of aromatic nitrogens is 1. The van der Waals surface area contributed by atoms with Crippen LogP contribution in [0.3, 0.4) is 0 Å². The topological polar surface area (TPSA) is 31.2 Å². The molecule has 4 heteroatoms. The van der Waals surface area contributed by atoms with Gasteiger partial charge in [-0.1, -0.05) is 0 Å². The highest BCUT2D eigenvalue weighted by Crippen LogP contribution is 2.30. The van der Waals surface area contributed by atoms with Crippen molar-refractivity contribution in [1.82, 2.24) is 4.57 Å². The number of carbonyl (C=O) groups is 1. The summed E-state index contributed by atoms with van der Waals surface area (Å²) in [7, 11) is 0. The fraction of sp³-hybridized carbons (Fsp3) is 0.643. The Morgan fingerprint density at radius 2 is 2.28 bits per heavy atom. The Morgan fingerprint density at radius 3 is 2.89 bits per heavy atom. The van der Waals surface area contributed by atoms with Crippen molar-refractivity contribution in [2.24, 2.45) is 0 Å². The summed E-state index contributed by atoms with van der Waals surface area (Å²) in [6, 6.07) is 2.39. The summed E-state index contributed by atoms with van der Waals surface area (Å²) in [5.74, 6) is 0.0604. The molecule has 1 fully saturated rings. The third-order valence-electron chi connectivity index (χ3n) is 3.73. The van der Waals surface area contributed by atoms with Gasteiger partial charge in [-0.25, -0.2) is 0 Å². The summed E-state index contributed by atoms with van der Waals surface area (Å²) in [4.78, 5) is 11.8. The fourth-order valence-corrected chi connectivity index (χ4v) is 3.05. The minimum absolute atomic E-state index is 0.0103. The van der Waals surface area contributed by atoms with Crippen molar-refractivity contribution in [2.45, 2.75) is 45.8 Å². The first-order chi connectivity index (χ1) is 8.54. The molecule has 0 spiro atoms. The molecule has 1 aromatic heterocycles. The number of nitrogens with zero attached hydrogens (tertiary/aromatic N) is 1. The molecular weight excluding hydrogens is 250 g/mol. The first-order valence-electron chi connectivity index (χ1n) is 6.43. The third kappa shape index (κ3) is 2.47. The summed E-state index contributed by atoms with van der Waals surface area (Å²) in [6.07, 6.45) is 2.30. The molecule has 0 aliphatic carbocycles. The number of hydrogen-bond donors (Lipinski definition) is 0. The third-order valence-corrected chi connectivity index (χ3v) is 3.97. The van der Waals surface area contributed by atoms with Gasteiger partial charge in [-0.05, 0) is 39.7 Å². The number of alkyl halides is 1. The lowest BCUT2D eigenvalue weighted by Crippen LogP contribution is -2.26. The maximum Gasteiger partial charge on any atom is 0.179 e. The molecule has 0 bridgehead atoms. The lowest BCUT2D eigenvalue weighted by molar-refractivity contribution is 0.00534. The summed E-state index contributed by atoms with van der Waals surface area (Å²) < 4.78 is 7.86. The van der Waals surface area contributed by atoms with Gasteiger partial charge in [-0.15, -0.1) is 11.6 Å². The normalized spacial score (nSPS) is 24.2. The summed E-state index contributed by atoms with van der Waals surface area (Å²) in [5.41, 5.74) is 2.94. The van der Waals surface area contributed by atoms with E-state index in [-0.39, 0.29) is 17.8 Å². The van der Waals surface area contributed by atoms with Crippen LogP contribution in [0.5, 0.6) is 0 Å². The second-order valence-corrected chi connectivity index (χ2v) is 5.34. The number of aryl methyl sites for hydroxylation is 1. The van der Waals surface area contributed by atoms with Gasteiger partial charge in [0.2, 0.25) is 0 Å². The van der Waals surface area contributed by atoms with Gasteiger partial charge in [0.1, 0.15) is 0 Å². The number of Topliss-reactive ketones (excluding diaryl/α,β-unsaturated/α-hetero) is 1. The molecule has 0 radical (unpaired) electrons. The standard InChI is InChI=1S/C14H20ClNO2/c1-9-6-13(14(17)8-15)11(3)16(9)12-4-5-18-10(2)7-12/h6,10,12H,4-5,7-8H2,1-3H3. The van der Waals surface area contributed by atoms with Crippen LogP contribution in [0, 0.1) is 13.8 Å². The van der Waals surface area contributed by atoms with E-state index < -0.39 is 0 Å². The quantitative estimate of drug-likeness (QED) is 0.623. The van der Waals surface area contributed by atoms with Crippen molar-refractivity contribution < 1.29 is 9.53 Å². The van der Waals surface area contributed by atoms with Crippen LogP contribution < -0.4 is 0 Å². The maximum absolute atomic E-state index is 11.8. The van der Waals surface area contributed by atoms with Crippen LogP contribution in [0.4, 0.5) is 0 Å². The van der Waals surface area contributed by atoms with Gasteiger partial charge in [-0.2, -0.15) is 0 Å². The Morgan fingerprint density at radius 1 is 1.56 bits per heavy atom. The van der Waals surface area contributed by atoms with Crippen LogP contribution in [0.25, 0.3) is 0 Å². The van der Waals surface area contributed by atoms with Crippen molar-refractivity contribution in [3.63, 3.8) is 0 Å². The van der Waals surface area contributed by atoms with Crippen molar-refractivity contribution in [1.29, 1.82) is 0 Å². The molecule has 1 aliphatic heterocycles. The zero-order chi connectivity index (χ0) is 13.3. The average Bonchev–Trinajstić information content (AvgIpc) is 2.64. The molecule has 18 heavy (non-hydrogen) atoms. The summed E-state index contributed by atoms with van der Waals surface area (Å²) >= 11 is 5.65. The second kappa shape index (κ2) is 5.45. The maximum atomic E-state index is 11.8. The Kier molecular flexibility index (Phi) is 4.13. The van der Waals surface area contributed by atoms with Crippen LogP contribution in [-0.4, -0.2) is 28.9 Å². The van der Waals surface area contributed by atoms with Gasteiger partial charge in [-0.3, -0.25) is 4.79 Å². The van der Waals surface area contributed by atoms with E-state index in [1.807, 2.05) is 13.0 Å². The average molecular weight is 270 g/mol. The first kappa shape index (κ1) is 13.6. The number of hydrogen-bond acceptors (Lipinski definition) is 2. The zero-order valence-electron chi connectivity index (χ0n) is 11.2. The van der Waals surface area contributed by atoms with E-state index >= 15 is 0 Å². The molecule has 0 aromatic carbocycles. The van der Waals surface area contributed by atoms with E-state index in [1.165, 1.54) is 0 Å². The molecule has 2 heterocycles. The minimum Gasteiger partial charge on any atom is -0.378 e. The van der Waals surface area contributed by atoms with Gasteiger partial charge in [0.05, 0.1) is 12.0 Å². The number of rotatable bonds is 3. The Labute approximate surface area is 113 Å². The Balaban J connectivity index is 2.33. The smallest absolute Gasteiger partial charge is 0.179 e. The van der Waals surface area contributed by atoms with Crippen molar-refractivity contribution >= 4 is 17.4 Å². The van der Waals surface area contributed by atoms with Gasteiger partial charge < -0.3 is 9.30 Å². The van der Waals surface area contributed by atoms with Gasteiger partial charge >= 0.3 is 0 Å². The van der Waals surface area contributed by atoms with Crippen LogP contribution in [-0.2, 0) is 4.74 Å². The largest absolute Gasteiger partial charge is 0.378 e. The van der Waals surface area contributed by atoms with Gasteiger partial charge in [0.25, 0.3) is 0 Å². The molecule has 2 rings (SSSR count). The van der Waals surface area contributed by atoms with E-state index in [9.17, 15) is 4.79 Å². The zero-order valence-corrected chi connectivity index (χ0v) is 12.0. The Bertz CT molecular complexity index is 453. The van der Waals surface area contributed by atoms with Crippen LogP contribution in [0.15, 0.2) is 6.07 Å². The Hall–Kier alpha value is -0.800. The van der Waals surface area contributed by atoms with E-state index in [0.717, 1.165) is 36.4 Å². The van der Waals surface area contributed by atoms with Crippen LogP contribution >= 0.6 is 11.6 Å². The van der Waals surface area contributed by atoms with E-state index in [2.05, 4.69) is 18.4 Å². The monoisotopic (exact) mass is 269 g/mol. The van der Waals surface area contributed by atoms with Crippen molar-refractivity contribution in [3.8, 4) is 0 Å². The molecular formula is C14H20ClNO2. The molecule has 0 N–H and O–H groups in total. The number of halogens is 1. The SMILES string of the molecule is Cc1cc(C(=O)CCl)c(C)n1C1CCOC(C)C1. The molecule has 0 saturated carbocycles. The summed E-state index contributed by atoms with van der Waals surface area (Å²) in [6.45, 7) is 6.96. The van der Waals surface area contributed by atoms with Gasteiger partial charge in [0.15, 0.2) is 5.78 Å². The number of ketones is 1. The number of ether oxygens (including phenoxy) is 1. The second-order valence-electron chi connectivity index (χ2n) is 5.07. The first-order valence-corrected chi connectivity index (χ1v) is 6.97. The summed E-state index contributed by atoms with van der Waals surface area (Å²) in [5, 5.41) is 0. The van der Waals surface area contributed by atoms with E-state index in [0.29, 0.717) is 6.04 Å². The fourth-order valence-electron chi connectivity index (χ4n) is 2.90. The highest BCUT2D eigenvalue weighted by atomic mass is 35.5. The highest BCUT2D eigenvalue weighted by molar-refractivity contribution is 6.30. The van der Waals surface area contributed by atoms with Crippen LogP contribution in [0.1, 0.15) is 47.6 Å². The lowest BCUT2D eigenvalue weighted by Gasteiger charge is -2.30. The predicted octanol–water partition coefficient (Wildman–Crippen LogP) is 3.27. The molecule has 3 nitrogen and oxygen atoms in total. The minimum atomic E-state index is 0.0103. The molecule has 0 amide bonds. The van der Waals surface area contributed by atoms with Crippen LogP contribution in [0.2, 0.25) is 0 Å². The van der Waals surface area contributed by atoms with E-state index in [1.54, 1.807) is 0 Å². The molecule has 100 valence electrons. The molecule has 2 atom stereocenters. The van der Waals surface area contributed by atoms with E-state index in [4.69, 9.17) is 16.3 Å². The highest BCUT2D eigenvalue weighted by Gasteiger charge is 2.25. The molecule has 1 saturated heterocycles. The number of carbonyl (C=O) groups excluding carboxylic acids is 1. The predicted molar refractivity (Wildman–Crippen MR) is 72.6 cm³/mol. The van der Waals surface area contributed by atoms with Crippen molar-refractivity contribution in [3.05, 3.63) is 23.0 Å². The molecule has 1 aliphatic rings. The lowest BCUT2D eigenvalue weighted by atomic mass is 10.0. The van der Waals surface area contributed by atoms with Crippen molar-refractivity contribution in [2.75, 3.05) is 12.5 Å².